The van der Waals surface area contributed by atoms with Crippen molar-refractivity contribution in [1.29, 1.82) is 0 Å². The highest BCUT2D eigenvalue weighted by atomic mass is 32.2. The molecule has 0 unspecified atom stereocenters. The lowest BCUT2D eigenvalue weighted by atomic mass is 10.2. The fourth-order valence-electron chi connectivity index (χ4n) is 2.27. The molecular formula is C17H13N3OS3. The topological polar surface area (TPSA) is 47.9 Å². The molecule has 0 N–H and O–H groups in total. The van der Waals surface area contributed by atoms with Gasteiger partial charge < -0.3 is 4.74 Å². The number of fused-ring (bicyclic) bond motifs is 1. The standard InChI is InChI=1S/C17H13N3OS3/c1-21-13-4-2-3-11(7-13)16-20-12(8-23-16)9-24-17-15-14(5-6-22-15)18-10-19-17/h2-8,10H,9H2,1H3. The first kappa shape index (κ1) is 15.6. The van der Waals surface area contributed by atoms with Gasteiger partial charge >= 0.3 is 0 Å². The van der Waals surface area contributed by atoms with E-state index in [9.17, 15) is 0 Å². The predicted molar refractivity (Wildman–Crippen MR) is 101 cm³/mol. The molecule has 1 aromatic carbocycles. The van der Waals surface area contributed by atoms with Crippen molar-refractivity contribution in [3.8, 4) is 16.3 Å². The van der Waals surface area contributed by atoms with E-state index in [1.165, 1.54) is 0 Å². The van der Waals surface area contributed by atoms with Gasteiger partial charge in [0, 0.05) is 16.7 Å². The molecule has 120 valence electrons. The van der Waals surface area contributed by atoms with Gasteiger partial charge in [-0.25, -0.2) is 15.0 Å². The fraction of sp³-hybridized carbons (Fsp3) is 0.118. The van der Waals surface area contributed by atoms with Crippen LogP contribution < -0.4 is 4.74 Å². The van der Waals surface area contributed by atoms with Crippen LogP contribution in [0.5, 0.6) is 5.75 Å². The summed E-state index contributed by atoms with van der Waals surface area (Å²) in [6.07, 6.45) is 1.63. The number of aromatic nitrogens is 3. The summed E-state index contributed by atoms with van der Waals surface area (Å²) in [5, 5.41) is 6.18. The van der Waals surface area contributed by atoms with E-state index in [0.717, 1.165) is 43.0 Å². The summed E-state index contributed by atoms with van der Waals surface area (Å²) in [5.41, 5.74) is 3.15. The number of thioether (sulfide) groups is 1. The zero-order valence-corrected chi connectivity index (χ0v) is 15.3. The van der Waals surface area contributed by atoms with Crippen molar-refractivity contribution in [2.75, 3.05) is 7.11 Å². The normalized spacial score (nSPS) is 11.0. The molecule has 3 heterocycles. The van der Waals surface area contributed by atoms with Crippen LogP contribution >= 0.6 is 34.4 Å². The summed E-state index contributed by atoms with van der Waals surface area (Å²) in [6.45, 7) is 0. The summed E-state index contributed by atoms with van der Waals surface area (Å²) in [6, 6.07) is 10.0. The van der Waals surface area contributed by atoms with E-state index in [2.05, 4.69) is 21.4 Å². The average molecular weight is 372 g/mol. The third-order valence-corrected chi connectivity index (χ3v) is 6.44. The van der Waals surface area contributed by atoms with Gasteiger partial charge in [0.1, 0.15) is 22.1 Å². The van der Waals surface area contributed by atoms with Crippen molar-refractivity contribution in [2.24, 2.45) is 0 Å². The molecule has 0 amide bonds. The molecule has 0 spiro atoms. The number of nitrogens with zero attached hydrogens (tertiary/aromatic N) is 3. The number of rotatable bonds is 5. The van der Waals surface area contributed by atoms with Crippen molar-refractivity contribution in [1.82, 2.24) is 15.0 Å². The number of thiophene rings is 1. The molecule has 0 aliphatic heterocycles. The molecule has 0 radical (unpaired) electrons. The lowest BCUT2D eigenvalue weighted by Gasteiger charge is -2.01. The Hall–Kier alpha value is -1.96. The Labute approximate surface area is 151 Å². The Morgan fingerprint density at radius 3 is 3.04 bits per heavy atom. The minimum atomic E-state index is 0.796. The van der Waals surface area contributed by atoms with Gasteiger partial charge in [-0.2, -0.15) is 0 Å². The third-order valence-electron chi connectivity index (χ3n) is 3.44. The van der Waals surface area contributed by atoms with Crippen LogP contribution in [0.4, 0.5) is 0 Å². The molecule has 7 heteroatoms. The Balaban J connectivity index is 1.52. The quantitative estimate of drug-likeness (QED) is 0.360. The van der Waals surface area contributed by atoms with Crippen LogP contribution in [0.1, 0.15) is 5.69 Å². The minimum Gasteiger partial charge on any atom is -0.497 e. The number of hydrogen-bond donors (Lipinski definition) is 0. The first-order chi connectivity index (χ1) is 11.8. The highest BCUT2D eigenvalue weighted by Gasteiger charge is 2.09. The van der Waals surface area contributed by atoms with Gasteiger partial charge in [0.2, 0.25) is 0 Å². The van der Waals surface area contributed by atoms with E-state index in [4.69, 9.17) is 9.72 Å². The summed E-state index contributed by atoms with van der Waals surface area (Å²) in [4.78, 5) is 13.4. The van der Waals surface area contributed by atoms with Gasteiger partial charge in [-0.3, -0.25) is 0 Å². The van der Waals surface area contributed by atoms with Crippen molar-refractivity contribution in [2.45, 2.75) is 10.8 Å². The van der Waals surface area contributed by atoms with Gasteiger partial charge in [0.15, 0.2) is 0 Å². The SMILES string of the molecule is COc1cccc(-c2nc(CSc3ncnc4ccsc34)cs2)c1. The van der Waals surface area contributed by atoms with Crippen LogP contribution in [0.15, 0.2) is 52.4 Å². The number of benzene rings is 1. The van der Waals surface area contributed by atoms with Crippen LogP contribution in [0.3, 0.4) is 0 Å². The second-order valence-corrected chi connectivity index (χ2v) is 7.72. The second kappa shape index (κ2) is 6.88. The van der Waals surface area contributed by atoms with Crippen LogP contribution in [0, 0.1) is 0 Å². The van der Waals surface area contributed by atoms with Crippen molar-refractivity contribution in [3.05, 3.63) is 53.1 Å². The minimum absolute atomic E-state index is 0.796. The van der Waals surface area contributed by atoms with E-state index < -0.39 is 0 Å². The Bertz CT molecular complexity index is 980. The highest BCUT2D eigenvalue weighted by Crippen LogP contribution is 2.32. The van der Waals surface area contributed by atoms with Crippen LogP contribution in [0.25, 0.3) is 20.8 Å². The monoisotopic (exact) mass is 371 g/mol. The molecule has 0 atom stereocenters. The van der Waals surface area contributed by atoms with E-state index in [0.29, 0.717) is 0 Å². The molecule has 0 bridgehead atoms. The number of ether oxygens (including phenoxy) is 1. The molecule has 4 aromatic rings. The van der Waals surface area contributed by atoms with E-state index in [1.54, 1.807) is 47.9 Å². The Kier molecular flexibility index (Phi) is 4.46. The second-order valence-electron chi connectivity index (χ2n) is 4.98. The molecule has 24 heavy (non-hydrogen) atoms. The van der Waals surface area contributed by atoms with Crippen LogP contribution in [-0.4, -0.2) is 22.1 Å². The first-order valence-electron chi connectivity index (χ1n) is 7.23. The van der Waals surface area contributed by atoms with Gasteiger partial charge in [-0.05, 0) is 23.6 Å². The lowest BCUT2D eigenvalue weighted by Crippen LogP contribution is -1.86. The average Bonchev–Trinajstić information content (AvgIpc) is 3.29. The van der Waals surface area contributed by atoms with Crippen molar-refractivity contribution >= 4 is 44.7 Å². The van der Waals surface area contributed by atoms with Gasteiger partial charge in [-0.15, -0.1) is 22.7 Å². The fourth-order valence-corrected chi connectivity index (χ4v) is 5.03. The molecule has 0 saturated heterocycles. The van der Waals surface area contributed by atoms with E-state index in [-0.39, 0.29) is 0 Å². The van der Waals surface area contributed by atoms with Gasteiger partial charge in [-0.1, -0.05) is 23.9 Å². The predicted octanol–water partition coefficient (Wildman–Crippen LogP) is 5.12. The largest absolute Gasteiger partial charge is 0.497 e. The molecule has 0 aliphatic rings. The summed E-state index contributed by atoms with van der Waals surface area (Å²) >= 11 is 5.03. The van der Waals surface area contributed by atoms with E-state index in [1.807, 2.05) is 29.6 Å². The molecule has 3 aromatic heterocycles. The molecular weight excluding hydrogens is 358 g/mol. The van der Waals surface area contributed by atoms with Crippen LogP contribution in [0.2, 0.25) is 0 Å². The van der Waals surface area contributed by atoms with Crippen molar-refractivity contribution < 1.29 is 4.74 Å². The Morgan fingerprint density at radius 1 is 1.17 bits per heavy atom. The van der Waals surface area contributed by atoms with Gasteiger partial charge in [0.25, 0.3) is 0 Å². The zero-order valence-electron chi connectivity index (χ0n) is 12.8. The summed E-state index contributed by atoms with van der Waals surface area (Å²) in [7, 11) is 1.68. The van der Waals surface area contributed by atoms with Crippen LogP contribution in [-0.2, 0) is 5.75 Å². The maximum atomic E-state index is 5.28. The molecule has 0 saturated carbocycles. The van der Waals surface area contributed by atoms with Crippen molar-refractivity contribution in [3.63, 3.8) is 0 Å². The lowest BCUT2D eigenvalue weighted by molar-refractivity contribution is 0.415. The number of methoxy groups -OCH3 is 1. The third kappa shape index (κ3) is 3.15. The Morgan fingerprint density at radius 2 is 2.12 bits per heavy atom. The summed E-state index contributed by atoms with van der Waals surface area (Å²) < 4.78 is 6.43. The summed E-state index contributed by atoms with van der Waals surface area (Å²) in [5.74, 6) is 1.64. The smallest absolute Gasteiger partial charge is 0.123 e. The zero-order chi connectivity index (χ0) is 16.4. The first-order valence-corrected chi connectivity index (χ1v) is 9.98. The molecule has 0 fully saturated rings. The molecule has 4 rings (SSSR count). The number of hydrogen-bond acceptors (Lipinski definition) is 7. The number of thiazole rings is 1. The highest BCUT2D eigenvalue weighted by molar-refractivity contribution is 7.98. The maximum Gasteiger partial charge on any atom is 0.123 e. The van der Waals surface area contributed by atoms with E-state index >= 15 is 0 Å². The molecule has 4 nitrogen and oxygen atoms in total. The molecule has 0 aliphatic carbocycles. The maximum absolute atomic E-state index is 5.28. The van der Waals surface area contributed by atoms with Gasteiger partial charge in [0.05, 0.1) is 23.0 Å².